The van der Waals surface area contributed by atoms with Crippen LogP contribution in [0.15, 0.2) is 48.0 Å². The summed E-state index contributed by atoms with van der Waals surface area (Å²) >= 11 is 1.71. The number of H-pyrrole nitrogens is 1. The molecule has 0 saturated heterocycles. The van der Waals surface area contributed by atoms with E-state index in [2.05, 4.69) is 27.0 Å². The van der Waals surface area contributed by atoms with Crippen LogP contribution in [0, 0.1) is 0 Å². The van der Waals surface area contributed by atoms with Crippen LogP contribution in [0.3, 0.4) is 0 Å². The predicted octanol–water partition coefficient (Wildman–Crippen LogP) is 3.18. The van der Waals surface area contributed by atoms with Crippen molar-refractivity contribution in [3.63, 3.8) is 0 Å². The van der Waals surface area contributed by atoms with Crippen molar-refractivity contribution in [3.05, 3.63) is 59.1 Å². The van der Waals surface area contributed by atoms with Crippen molar-refractivity contribution in [1.82, 2.24) is 15.5 Å². The van der Waals surface area contributed by atoms with Gasteiger partial charge in [0.2, 0.25) is 0 Å². The van der Waals surface area contributed by atoms with Gasteiger partial charge >= 0.3 is 0 Å². The average Bonchev–Trinajstić information content (AvgIpc) is 3.16. The van der Waals surface area contributed by atoms with Crippen molar-refractivity contribution < 1.29 is 5.11 Å². The Bertz CT molecular complexity index is 674. The number of nitrogens with zero attached hydrogens (tertiary/aromatic N) is 1. The lowest BCUT2D eigenvalue weighted by Gasteiger charge is -2.05. The molecular formula is C16H17N3OS. The monoisotopic (exact) mass is 299 g/mol. The van der Waals surface area contributed by atoms with Crippen LogP contribution in [0.1, 0.15) is 11.1 Å². The van der Waals surface area contributed by atoms with Gasteiger partial charge in [0, 0.05) is 12.1 Å². The second-order valence-electron chi connectivity index (χ2n) is 4.84. The molecule has 4 nitrogen and oxygen atoms in total. The third-order valence-corrected chi connectivity index (χ3v) is 4.22. The Morgan fingerprint density at radius 2 is 2.05 bits per heavy atom. The van der Waals surface area contributed by atoms with E-state index in [0.717, 1.165) is 25.2 Å². The Morgan fingerprint density at radius 3 is 2.81 bits per heavy atom. The molecule has 0 atom stereocenters. The maximum Gasteiger partial charge on any atom is 0.115 e. The summed E-state index contributed by atoms with van der Waals surface area (Å²) in [5.74, 6) is 0.311. The summed E-state index contributed by atoms with van der Waals surface area (Å²) in [6.45, 7) is 1.68. The zero-order valence-electron chi connectivity index (χ0n) is 11.5. The van der Waals surface area contributed by atoms with E-state index in [4.69, 9.17) is 0 Å². The molecule has 0 saturated carbocycles. The van der Waals surface area contributed by atoms with E-state index in [1.165, 1.54) is 16.0 Å². The lowest BCUT2D eigenvalue weighted by molar-refractivity contribution is 0.475. The van der Waals surface area contributed by atoms with Gasteiger partial charge in [-0.05, 0) is 42.1 Å². The summed E-state index contributed by atoms with van der Waals surface area (Å²) in [7, 11) is 0. The molecule has 0 unspecified atom stereocenters. The van der Waals surface area contributed by atoms with E-state index < -0.39 is 0 Å². The number of benzene rings is 1. The number of nitrogens with one attached hydrogen (secondary N) is 2. The molecule has 0 fully saturated rings. The van der Waals surface area contributed by atoms with E-state index in [9.17, 15) is 5.11 Å². The van der Waals surface area contributed by atoms with E-state index >= 15 is 0 Å². The molecule has 0 amide bonds. The summed E-state index contributed by atoms with van der Waals surface area (Å²) in [5.41, 5.74) is 3.50. The average molecular weight is 299 g/mol. The molecule has 0 bridgehead atoms. The molecule has 3 N–H and O–H groups in total. The maximum atomic E-state index is 9.25. The normalized spacial score (nSPS) is 10.9. The van der Waals surface area contributed by atoms with Crippen LogP contribution in [-0.4, -0.2) is 21.8 Å². The van der Waals surface area contributed by atoms with E-state index in [-0.39, 0.29) is 0 Å². The lowest BCUT2D eigenvalue weighted by atomic mass is 10.1. The van der Waals surface area contributed by atoms with Gasteiger partial charge in [0.05, 0.1) is 16.8 Å². The standard InChI is InChI=1S/C16H17N3OS/c20-14-5-3-12(4-6-14)7-8-17-10-13-11-18-19-16(13)15-2-1-9-21-15/h1-6,9,11,17,20H,7-8,10H2,(H,18,19). The maximum absolute atomic E-state index is 9.25. The van der Waals surface area contributed by atoms with Crippen molar-refractivity contribution in [1.29, 1.82) is 0 Å². The first-order valence-electron chi connectivity index (χ1n) is 6.87. The minimum absolute atomic E-state index is 0.311. The van der Waals surface area contributed by atoms with Gasteiger partial charge < -0.3 is 10.4 Å². The number of aromatic nitrogens is 2. The SMILES string of the molecule is Oc1ccc(CCNCc2cn[nH]c2-c2cccs2)cc1. The number of hydrogen-bond acceptors (Lipinski definition) is 4. The molecule has 5 heteroatoms. The van der Waals surface area contributed by atoms with Crippen molar-refractivity contribution >= 4 is 11.3 Å². The fraction of sp³-hybridized carbons (Fsp3) is 0.188. The topological polar surface area (TPSA) is 60.9 Å². The van der Waals surface area contributed by atoms with Crippen LogP contribution in [-0.2, 0) is 13.0 Å². The highest BCUT2D eigenvalue weighted by molar-refractivity contribution is 7.13. The van der Waals surface area contributed by atoms with Crippen LogP contribution in [0.25, 0.3) is 10.6 Å². The second-order valence-corrected chi connectivity index (χ2v) is 5.79. The van der Waals surface area contributed by atoms with Crippen molar-refractivity contribution in [2.45, 2.75) is 13.0 Å². The summed E-state index contributed by atoms with van der Waals surface area (Å²) in [4.78, 5) is 1.21. The zero-order chi connectivity index (χ0) is 14.5. The van der Waals surface area contributed by atoms with Crippen molar-refractivity contribution in [3.8, 4) is 16.3 Å². The molecule has 2 heterocycles. The number of thiophene rings is 1. The summed E-state index contributed by atoms with van der Waals surface area (Å²) in [6, 6.07) is 11.5. The fourth-order valence-electron chi connectivity index (χ4n) is 2.20. The first kappa shape index (κ1) is 13.9. The first-order chi connectivity index (χ1) is 10.3. The zero-order valence-corrected chi connectivity index (χ0v) is 12.4. The third-order valence-electron chi connectivity index (χ3n) is 3.33. The molecule has 0 aliphatic carbocycles. The molecule has 3 rings (SSSR count). The Hall–Kier alpha value is -2.11. The highest BCUT2D eigenvalue weighted by atomic mass is 32.1. The molecule has 0 aliphatic rings. The minimum Gasteiger partial charge on any atom is -0.508 e. The predicted molar refractivity (Wildman–Crippen MR) is 85.4 cm³/mol. The molecule has 21 heavy (non-hydrogen) atoms. The molecule has 0 aliphatic heterocycles. The van der Waals surface area contributed by atoms with Gasteiger partial charge in [0.15, 0.2) is 0 Å². The van der Waals surface area contributed by atoms with Crippen molar-refractivity contribution in [2.24, 2.45) is 0 Å². The quantitative estimate of drug-likeness (QED) is 0.613. The molecule has 3 aromatic rings. The van der Waals surface area contributed by atoms with E-state index in [0.29, 0.717) is 5.75 Å². The number of aromatic hydroxyl groups is 1. The van der Waals surface area contributed by atoms with Gasteiger partial charge in [-0.25, -0.2) is 0 Å². The van der Waals surface area contributed by atoms with Gasteiger partial charge in [0.1, 0.15) is 5.75 Å². The van der Waals surface area contributed by atoms with Gasteiger partial charge in [-0.15, -0.1) is 11.3 Å². The number of aromatic amines is 1. The summed E-state index contributed by atoms with van der Waals surface area (Å²) in [6.07, 6.45) is 2.81. The number of phenolic OH excluding ortho intramolecular Hbond substituents is 1. The number of phenols is 1. The van der Waals surface area contributed by atoms with Crippen LogP contribution in [0.4, 0.5) is 0 Å². The Balaban J connectivity index is 1.52. The largest absolute Gasteiger partial charge is 0.508 e. The van der Waals surface area contributed by atoms with Crippen LogP contribution in [0.5, 0.6) is 5.75 Å². The number of hydrogen-bond donors (Lipinski definition) is 3. The summed E-state index contributed by atoms with van der Waals surface area (Å²) < 4.78 is 0. The van der Waals surface area contributed by atoms with Crippen molar-refractivity contribution in [2.75, 3.05) is 6.54 Å². The Kier molecular flexibility index (Phi) is 4.33. The Labute approximate surface area is 127 Å². The van der Waals surface area contributed by atoms with Crippen LogP contribution < -0.4 is 5.32 Å². The molecule has 2 aromatic heterocycles. The van der Waals surface area contributed by atoms with Gasteiger partial charge in [-0.1, -0.05) is 18.2 Å². The molecule has 0 radical (unpaired) electrons. The first-order valence-corrected chi connectivity index (χ1v) is 7.75. The Morgan fingerprint density at radius 1 is 1.19 bits per heavy atom. The second kappa shape index (κ2) is 6.56. The minimum atomic E-state index is 0.311. The van der Waals surface area contributed by atoms with E-state index in [1.807, 2.05) is 24.4 Å². The van der Waals surface area contributed by atoms with Gasteiger partial charge in [-0.2, -0.15) is 5.10 Å². The molecule has 0 spiro atoms. The third kappa shape index (κ3) is 3.51. The van der Waals surface area contributed by atoms with Crippen LogP contribution in [0.2, 0.25) is 0 Å². The van der Waals surface area contributed by atoms with Gasteiger partial charge in [0.25, 0.3) is 0 Å². The smallest absolute Gasteiger partial charge is 0.115 e. The fourth-order valence-corrected chi connectivity index (χ4v) is 2.95. The van der Waals surface area contributed by atoms with E-state index in [1.54, 1.807) is 23.5 Å². The highest BCUT2D eigenvalue weighted by Crippen LogP contribution is 2.25. The molecule has 1 aromatic carbocycles. The number of rotatable bonds is 6. The summed E-state index contributed by atoms with van der Waals surface area (Å²) in [5, 5.41) is 22.0. The molecular weight excluding hydrogens is 282 g/mol. The van der Waals surface area contributed by atoms with Gasteiger partial charge in [-0.3, -0.25) is 5.10 Å². The van der Waals surface area contributed by atoms with Crippen LogP contribution >= 0.6 is 11.3 Å². The lowest BCUT2D eigenvalue weighted by Crippen LogP contribution is -2.16. The molecule has 108 valence electrons. The highest BCUT2D eigenvalue weighted by Gasteiger charge is 2.07.